The number of nitrogens with one attached hydrogen (secondary N) is 2. The van der Waals surface area contributed by atoms with Gasteiger partial charge < -0.3 is 10.6 Å². The minimum Gasteiger partial charge on any atom is -0.352 e. The zero-order chi connectivity index (χ0) is 20.0. The predicted octanol–water partition coefficient (Wildman–Crippen LogP) is 2.90. The molecule has 10 heteroatoms. The average Bonchev–Trinajstić information content (AvgIpc) is 2.66. The van der Waals surface area contributed by atoms with Crippen molar-refractivity contribution in [3.63, 3.8) is 0 Å². The fraction of sp³-hybridized carbons (Fsp3) is 0.176. The molecule has 10 nitrogen and oxygen atoms in total. The summed E-state index contributed by atoms with van der Waals surface area (Å²) in [7, 11) is 0. The van der Waals surface area contributed by atoms with Crippen LogP contribution in [-0.2, 0) is 0 Å². The third kappa shape index (κ3) is 5.08. The van der Waals surface area contributed by atoms with Crippen molar-refractivity contribution in [1.82, 2.24) is 5.32 Å². The Morgan fingerprint density at radius 3 is 1.93 bits per heavy atom. The second-order valence-corrected chi connectivity index (χ2v) is 5.54. The van der Waals surface area contributed by atoms with Crippen LogP contribution in [0.5, 0.6) is 0 Å². The number of carbonyl (C=O) groups excluding carboxylic acids is 2. The maximum Gasteiger partial charge on any atom is 0.277 e. The molecule has 0 spiro atoms. The highest BCUT2D eigenvalue weighted by Gasteiger charge is 2.20. The van der Waals surface area contributed by atoms with E-state index >= 15 is 0 Å². The molecule has 0 aliphatic rings. The first-order valence-electron chi connectivity index (χ1n) is 7.95. The Hall–Kier alpha value is -3.82. The Morgan fingerprint density at radius 2 is 1.44 bits per heavy atom. The van der Waals surface area contributed by atoms with E-state index in [0.29, 0.717) is 17.8 Å². The average molecular weight is 372 g/mol. The van der Waals surface area contributed by atoms with E-state index in [1.54, 1.807) is 0 Å². The van der Waals surface area contributed by atoms with Crippen molar-refractivity contribution in [2.75, 3.05) is 11.9 Å². The van der Waals surface area contributed by atoms with Crippen molar-refractivity contribution in [1.29, 1.82) is 0 Å². The standard InChI is InChI=1S/C17H16N4O6/c1-2-7-18-16(22)11-3-5-13(6-4-11)19-17(23)12-8-14(20(24)25)10-15(9-12)21(26)27/h3-6,8-10H,2,7H2,1H3,(H,18,22)(H,19,23). The van der Waals surface area contributed by atoms with Gasteiger partial charge in [-0.15, -0.1) is 0 Å². The molecule has 2 rings (SSSR count). The molecule has 0 aliphatic carbocycles. The second-order valence-electron chi connectivity index (χ2n) is 5.54. The molecule has 0 heterocycles. The lowest BCUT2D eigenvalue weighted by Crippen LogP contribution is -2.23. The SMILES string of the molecule is CCCNC(=O)c1ccc(NC(=O)c2cc([N+](=O)[O-])cc([N+](=O)[O-])c2)cc1. The van der Waals surface area contributed by atoms with E-state index < -0.39 is 27.1 Å². The van der Waals surface area contributed by atoms with Gasteiger partial charge in [-0.25, -0.2) is 0 Å². The first-order valence-corrected chi connectivity index (χ1v) is 7.95. The highest BCUT2D eigenvalue weighted by atomic mass is 16.6. The molecule has 2 aromatic rings. The van der Waals surface area contributed by atoms with Gasteiger partial charge in [0.15, 0.2) is 0 Å². The van der Waals surface area contributed by atoms with Gasteiger partial charge in [0.1, 0.15) is 0 Å². The van der Waals surface area contributed by atoms with Crippen molar-refractivity contribution >= 4 is 28.9 Å². The number of nitro benzene ring substituents is 2. The van der Waals surface area contributed by atoms with Crippen LogP contribution in [0.3, 0.4) is 0 Å². The number of carbonyl (C=O) groups is 2. The lowest BCUT2D eigenvalue weighted by molar-refractivity contribution is -0.394. The summed E-state index contributed by atoms with van der Waals surface area (Å²) < 4.78 is 0. The van der Waals surface area contributed by atoms with Gasteiger partial charge in [-0.2, -0.15) is 0 Å². The van der Waals surface area contributed by atoms with Crippen LogP contribution in [0, 0.1) is 20.2 Å². The highest BCUT2D eigenvalue weighted by Crippen LogP contribution is 2.23. The zero-order valence-corrected chi connectivity index (χ0v) is 14.3. The zero-order valence-electron chi connectivity index (χ0n) is 14.3. The van der Waals surface area contributed by atoms with Gasteiger partial charge in [-0.05, 0) is 30.7 Å². The van der Waals surface area contributed by atoms with Gasteiger partial charge in [-0.3, -0.25) is 29.8 Å². The molecule has 0 saturated heterocycles. The van der Waals surface area contributed by atoms with E-state index in [4.69, 9.17) is 0 Å². The molecular formula is C17H16N4O6. The van der Waals surface area contributed by atoms with Crippen molar-refractivity contribution < 1.29 is 19.4 Å². The first-order chi connectivity index (χ1) is 12.8. The number of nitro groups is 2. The van der Waals surface area contributed by atoms with Crippen molar-refractivity contribution in [2.45, 2.75) is 13.3 Å². The van der Waals surface area contributed by atoms with Crippen LogP contribution >= 0.6 is 0 Å². The Bertz CT molecular complexity index is 863. The fourth-order valence-corrected chi connectivity index (χ4v) is 2.19. The summed E-state index contributed by atoms with van der Waals surface area (Å²) in [6, 6.07) is 8.69. The number of hydrogen-bond acceptors (Lipinski definition) is 6. The van der Waals surface area contributed by atoms with Crippen LogP contribution in [0.2, 0.25) is 0 Å². The summed E-state index contributed by atoms with van der Waals surface area (Å²) in [5.74, 6) is -0.992. The normalized spacial score (nSPS) is 10.1. The predicted molar refractivity (Wildman–Crippen MR) is 96.8 cm³/mol. The van der Waals surface area contributed by atoms with E-state index in [2.05, 4.69) is 10.6 Å². The molecule has 140 valence electrons. The monoisotopic (exact) mass is 372 g/mol. The molecule has 0 unspecified atom stereocenters. The molecule has 0 aliphatic heterocycles. The molecule has 2 N–H and O–H groups in total. The maximum absolute atomic E-state index is 12.3. The van der Waals surface area contributed by atoms with Crippen molar-refractivity contribution in [2.24, 2.45) is 0 Å². The Balaban J connectivity index is 2.18. The van der Waals surface area contributed by atoms with Gasteiger partial charge in [0.05, 0.1) is 21.5 Å². The largest absolute Gasteiger partial charge is 0.352 e. The summed E-state index contributed by atoms with van der Waals surface area (Å²) >= 11 is 0. The molecule has 2 aromatic carbocycles. The van der Waals surface area contributed by atoms with Crippen LogP contribution in [-0.4, -0.2) is 28.2 Å². The highest BCUT2D eigenvalue weighted by molar-refractivity contribution is 6.05. The number of hydrogen-bond donors (Lipinski definition) is 2. The molecule has 0 bridgehead atoms. The van der Waals surface area contributed by atoms with Crippen LogP contribution in [0.4, 0.5) is 17.1 Å². The quantitative estimate of drug-likeness (QED) is 0.565. The lowest BCUT2D eigenvalue weighted by atomic mass is 10.1. The minimum absolute atomic E-state index is 0.222. The molecule has 2 amide bonds. The molecule has 0 saturated carbocycles. The van der Waals surface area contributed by atoms with E-state index in [1.165, 1.54) is 24.3 Å². The number of benzene rings is 2. The number of non-ortho nitro benzene ring substituents is 2. The second kappa shape index (κ2) is 8.52. The summed E-state index contributed by atoms with van der Waals surface area (Å²) in [4.78, 5) is 44.3. The molecule has 0 fully saturated rings. The Kier molecular flexibility index (Phi) is 6.15. The third-order valence-corrected chi connectivity index (χ3v) is 3.53. The fourth-order valence-electron chi connectivity index (χ4n) is 2.19. The third-order valence-electron chi connectivity index (χ3n) is 3.53. The lowest BCUT2D eigenvalue weighted by Gasteiger charge is -2.07. The molecule has 0 aromatic heterocycles. The molecule has 27 heavy (non-hydrogen) atoms. The molecular weight excluding hydrogens is 356 g/mol. The van der Waals surface area contributed by atoms with Crippen molar-refractivity contribution in [3.05, 3.63) is 73.8 Å². The van der Waals surface area contributed by atoms with Gasteiger partial charge >= 0.3 is 0 Å². The topological polar surface area (TPSA) is 144 Å². The van der Waals surface area contributed by atoms with Gasteiger partial charge in [0, 0.05) is 29.9 Å². The number of amides is 2. The Labute approximate surface area is 153 Å². The van der Waals surface area contributed by atoms with Crippen LogP contribution in [0.1, 0.15) is 34.1 Å². The van der Waals surface area contributed by atoms with Crippen LogP contribution < -0.4 is 10.6 Å². The van der Waals surface area contributed by atoms with Crippen LogP contribution in [0.15, 0.2) is 42.5 Å². The minimum atomic E-state index is -0.812. The van der Waals surface area contributed by atoms with Gasteiger partial charge in [0.25, 0.3) is 23.2 Å². The molecule has 0 atom stereocenters. The maximum atomic E-state index is 12.3. The summed E-state index contributed by atoms with van der Waals surface area (Å²) in [6.45, 7) is 2.47. The summed E-state index contributed by atoms with van der Waals surface area (Å²) in [5, 5.41) is 27.0. The molecule has 0 radical (unpaired) electrons. The summed E-state index contributed by atoms with van der Waals surface area (Å²) in [6.07, 6.45) is 0.801. The van der Waals surface area contributed by atoms with E-state index in [-0.39, 0.29) is 11.5 Å². The number of rotatable bonds is 7. The summed E-state index contributed by atoms with van der Waals surface area (Å²) in [5.41, 5.74) is -0.594. The smallest absolute Gasteiger partial charge is 0.277 e. The van der Waals surface area contributed by atoms with E-state index in [0.717, 1.165) is 24.6 Å². The van der Waals surface area contributed by atoms with Gasteiger partial charge in [-0.1, -0.05) is 6.92 Å². The van der Waals surface area contributed by atoms with Crippen molar-refractivity contribution in [3.8, 4) is 0 Å². The first kappa shape index (κ1) is 19.5. The van der Waals surface area contributed by atoms with E-state index in [1.807, 2.05) is 6.92 Å². The van der Waals surface area contributed by atoms with E-state index in [9.17, 15) is 29.8 Å². The number of nitrogens with zero attached hydrogens (tertiary/aromatic N) is 2. The Morgan fingerprint density at radius 1 is 0.889 bits per heavy atom. The van der Waals surface area contributed by atoms with Crippen LogP contribution in [0.25, 0.3) is 0 Å². The van der Waals surface area contributed by atoms with Gasteiger partial charge in [0.2, 0.25) is 0 Å². The number of anilines is 1.